The van der Waals surface area contributed by atoms with Crippen LogP contribution in [-0.4, -0.2) is 59.2 Å². The van der Waals surface area contributed by atoms with E-state index in [1.165, 1.54) is 0 Å². The monoisotopic (exact) mass is 455 g/mol. The van der Waals surface area contributed by atoms with Crippen LogP contribution in [0.5, 0.6) is 0 Å². The largest absolute Gasteiger partial charge is 0.475 e. The zero-order valence-electron chi connectivity index (χ0n) is 19.7. The molecule has 8 nitrogen and oxygen atoms in total. The van der Waals surface area contributed by atoms with E-state index in [4.69, 9.17) is 4.74 Å². The predicted molar refractivity (Wildman–Crippen MR) is 126 cm³/mol. The molecule has 1 aromatic rings. The van der Waals surface area contributed by atoms with Crippen molar-refractivity contribution in [2.24, 2.45) is 5.41 Å². The molecule has 0 aromatic heterocycles. The summed E-state index contributed by atoms with van der Waals surface area (Å²) in [5, 5.41) is 31.3. The van der Waals surface area contributed by atoms with E-state index in [1.807, 2.05) is 57.2 Å². The zero-order chi connectivity index (χ0) is 24.4. The number of hydrogen-bond donors (Lipinski definition) is 3. The first-order valence-corrected chi connectivity index (χ1v) is 11.4. The Labute approximate surface area is 196 Å². The average molecular weight is 455 g/mol. The Morgan fingerprint density at radius 1 is 1.30 bits per heavy atom. The molecule has 178 valence electrons. The highest BCUT2D eigenvalue weighted by Crippen LogP contribution is 2.23. The summed E-state index contributed by atoms with van der Waals surface area (Å²) in [6, 6.07) is 11.2. The molecule has 0 aliphatic carbocycles. The summed E-state index contributed by atoms with van der Waals surface area (Å²) >= 11 is 0. The van der Waals surface area contributed by atoms with Crippen LogP contribution in [0.4, 0.5) is 4.79 Å². The third-order valence-corrected chi connectivity index (χ3v) is 5.47. The minimum atomic E-state index is -1.73. The van der Waals surface area contributed by atoms with Crippen molar-refractivity contribution in [2.75, 3.05) is 13.2 Å². The fourth-order valence-corrected chi connectivity index (χ4v) is 3.80. The number of nitrogens with one attached hydrogen (secondary N) is 1. The van der Waals surface area contributed by atoms with Crippen LogP contribution >= 0.6 is 0 Å². The quantitative estimate of drug-likeness (QED) is 0.315. The van der Waals surface area contributed by atoms with Crippen LogP contribution in [0.25, 0.3) is 0 Å². The molecule has 9 heteroatoms. The molecule has 1 heterocycles. The summed E-state index contributed by atoms with van der Waals surface area (Å²) in [6.45, 7) is 6.22. The SMILES string of the molecule is CC(C)(C)C=C(C#N)C(=O)N1CCCCC1COC(=O)N[C@@H](CCc1ccccc1)B(O)O. The molecule has 0 bridgehead atoms. The molecule has 2 atom stereocenters. The highest BCUT2D eigenvalue weighted by molar-refractivity contribution is 6.43. The molecular weight excluding hydrogens is 421 g/mol. The Balaban J connectivity index is 1.94. The van der Waals surface area contributed by atoms with Crippen LogP contribution in [0.15, 0.2) is 42.0 Å². The van der Waals surface area contributed by atoms with Gasteiger partial charge in [-0.15, -0.1) is 0 Å². The first-order valence-electron chi connectivity index (χ1n) is 11.4. The number of allylic oxidation sites excluding steroid dienone is 1. The second-order valence-corrected chi connectivity index (χ2v) is 9.47. The van der Waals surface area contributed by atoms with E-state index in [1.54, 1.807) is 11.0 Å². The Kier molecular flexibility index (Phi) is 9.95. The summed E-state index contributed by atoms with van der Waals surface area (Å²) in [5.41, 5.74) is 0.789. The van der Waals surface area contributed by atoms with Crippen molar-refractivity contribution < 1.29 is 24.4 Å². The van der Waals surface area contributed by atoms with Crippen LogP contribution in [0, 0.1) is 16.7 Å². The Hall–Kier alpha value is -2.83. The van der Waals surface area contributed by atoms with Gasteiger partial charge < -0.3 is 25.0 Å². The molecule has 2 rings (SSSR count). The second-order valence-electron chi connectivity index (χ2n) is 9.47. The molecule has 1 unspecified atom stereocenters. The Morgan fingerprint density at radius 2 is 2.00 bits per heavy atom. The molecule has 2 amide bonds. The summed E-state index contributed by atoms with van der Waals surface area (Å²) in [5.74, 6) is -1.24. The third kappa shape index (κ3) is 8.91. The number of likely N-dealkylation sites (tertiary alicyclic amines) is 1. The van der Waals surface area contributed by atoms with Gasteiger partial charge in [-0.25, -0.2) is 4.79 Å². The number of amides is 2. The molecule has 1 aliphatic rings. The van der Waals surface area contributed by atoms with Gasteiger partial charge in [0.25, 0.3) is 5.91 Å². The van der Waals surface area contributed by atoms with Crippen molar-refractivity contribution >= 4 is 19.1 Å². The molecule has 3 N–H and O–H groups in total. The number of aryl methyl sites for hydroxylation is 1. The van der Waals surface area contributed by atoms with Gasteiger partial charge in [-0.3, -0.25) is 4.79 Å². The van der Waals surface area contributed by atoms with Crippen molar-refractivity contribution in [2.45, 2.75) is 64.9 Å². The lowest BCUT2D eigenvalue weighted by Crippen LogP contribution is -2.50. The van der Waals surface area contributed by atoms with Gasteiger partial charge in [0, 0.05) is 6.54 Å². The van der Waals surface area contributed by atoms with Crippen LogP contribution in [0.3, 0.4) is 0 Å². The Bertz CT molecular complexity index is 861. The maximum Gasteiger partial charge on any atom is 0.475 e. The van der Waals surface area contributed by atoms with E-state index in [-0.39, 0.29) is 29.5 Å². The molecular formula is C24H34BN3O5. The molecule has 0 spiro atoms. The minimum Gasteiger partial charge on any atom is -0.447 e. The molecule has 1 saturated heterocycles. The standard InChI is InChI=1S/C24H34BN3O5/c1-24(2,3)15-19(16-26)22(29)28-14-8-7-11-20(28)17-33-23(30)27-21(25(31)32)13-12-18-9-5-4-6-10-18/h4-6,9-10,15,20-21,31-32H,7-8,11-14,17H2,1-3H3,(H,27,30)/t20?,21-/m0/s1. The van der Waals surface area contributed by atoms with Crippen LogP contribution in [0.1, 0.15) is 52.0 Å². The number of carbonyl (C=O) groups is 2. The molecule has 33 heavy (non-hydrogen) atoms. The smallest absolute Gasteiger partial charge is 0.447 e. The van der Waals surface area contributed by atoms with Crippen molar-refractivity contribution in [3.05, 3.63) is 47.5 Å². The minimum absolute atomic E-state index is 0.0290. The summed E-state index contributed by atoms with van der Waals surface area (Å²) in [7, 11) is -1.73. The van der Waals surface area contributed by atoms with Crippen molar-refractivity contribution in [1.82, 2.24) is 10.2 Å². The van der Waals surface area contributed by atoms with E-state index < -0.39 is 19.2 Å². The lowest BCUT2D eigenvalue weighted by Gasteiger charge is -2.35. The first-order chi connectivity index (χ1) is 15.6. The molecule has 1 fully saturated rings. The fourth-order valence-electron chi connectivity index (χ4n) is 3.80. The topological polar surface area (TPSA) is 123 Å². The molecule has 1 aromatic carbocycles. The van der Waals surface area contributed by atoms with Crippen molar-refractivity contribution in [3.63, 3.8) is 0 Å². The van der Waals surface area contributed by atoms with Crippen LogP contribution in [-0.2, 0) is 16.0 Å². The van der Waals surface area contributed by atoms with Crippen molar-refractivity contribution in [3.8, 4) is 6.07 Å². The lowest BCUT2D eigenvalue weighted by molar-refractivity contribution is -0.131. The lowest BCUT2D eigenvalue weighted by atomic mass is 9.76. The fraction of sp³-hybridized carbons (Fsp3) is 0.542. The number of rotatable bonds is 8. The van der Waals surface area contributed by atoms with Crippen molar-refractivity contribution in [1.29, 1.82) is 5.26 Å². The third-order valence-electron chi connectivity index (χ3n) is 5.47. The van der Waals surface area contributed by atoms with E-state index >= 15 is 0 Å². The van der Waals surface area contributed by atoms with Gasteiger partial charge in [0.15, 0.2) is 0 Å². The number of benzene rings is 1. The summed E-state index contributed by atoms with van der Waals surface area (Å²) in [4.78, 5) is 26.9. The molecule has 1 aliphatic heterocycles. The van der Waals surface area contributed by atoms with Gasteiger partial charge in [0.05, 0.1) is 12.0 Å². The average Bonchev–Trinajstić information content (AvgIpc) is 2.78. The summed E-state index contributed by atoms with van der Waals surface area (Å²) in [6.07, 6.45) is 4.14. The van der Waals surface area contributed by atoms with Crippen LogP contribution in [0.2, 0.25) is 0 Å². The maximum absolute atomic E-state index is 13.0. The maximum atomic E-state index is 13.0. The van der Waals surface area contributed by atoms with Crippen LogP contribution < -0.4 is 5.32 Å². The number of carbonyl (C=O) groups excluding carboxylic acids is 2. The molecule has 0 saturated carbocycles. The normalized spacial score (nSPS) is 17.6. The number of piperidine rings is 1. The summed E-state index contributed by atoms with van der Waals surface area (Å²) < 4.78 is 5.34. The van der Waals surface area contributed by atoms with E-state index in [9.17, 15) is 24.9 Å². The van der Waals surface area contributed by atoms with Gasteiger partial charge in [0.2, 0.25) is 0 Å². The number of nitriles is 1. The molecule has 0 radical (unpaired) electrons. The van der Waals surface area contributed by atoms with Gasteiger partial charge in [-0.05, 0) is 43.1 Å². The number of nitrogens with zero attached hydrogens (tertiary/aromatic N) is 2. The van der Waals surface area contributed by atoms with Gasteiger partial charge in [0.1, 0.15) is 18.2 Å². The zero-order valence-corrected chi connectivity index (χ0v) is 19.7. The number of alkyl carbamates (subject to hydrolysis) is 1. The first kappa shape index (κ1) is 26.4. The highest BCUT2D eigenvalue weighted by Gasteiger charge is 2.31. The van der Waals surface area contributed by atoms with Gasteiger partial charge >= 0.3 is 13.2 Å². The van der Waals surface area contributed by atoms with E-state index in [0.717, 1.165) is 18.4 Å². The van der Waals surface area contributed by atoms with Gasteiger partial charge in [-0.2, -0.15) is 5.26 Å². The van der Waals surface area contributed by atoms with E-state index in [2.05, 4.69) is 5.32 Å². The number of ether oxygens (including phenoxy) is 1. The van der Waals surface area contributed by atoms with E-state index in [0.29, 0.717) is 25.8 Å². The highest BCUT2D eigenvalue weighted by atomic mass is 16.5. The number of hydrogen-bond acceptors (Lipinski definition) is 6. The second kappa shape index (κ2) is 12.4. The predicted octanol–water partition coefficient (Wildman–Crippen LogP) is 2.60. The van der Waals surface area contributed by atoms with Gasteiger partial charge in [-0.1, -0.05) is 57.2 Å². The Morgan fingerprint density at radius 3 is 2.61 bits per heavy atom.